The van der Waals surface area contributed by atoms with Crippen LogP contribution in [0.4, 0.5) is 8.78 Å². The molecule has 5 aliphatic rings. The molecule has 12 heteroatoms. The Bertz CT molecular complexity index is 1110. The molecule has 0 bridgehead atoms. The lowest BCUT2D eigenvalue weighted by atomic mass is 10.1. The van der Waals surface area contributed by atoms with Gasteiger partial charge in [0.05, 0.1) is 6.54 Å². The summed E-state index contributed by atoms with van der Waals surface area (Å²) in [5, 5.41) is 0. The van der Waals surface area contributed by atoms with Gasteiger partial charge >= 0.3 is 0 Å². The number of hydrogen-bond acceptors (Lipinski definition) is 5. The van der Waals surface area contributed by atoms with Crippen LogP contribution in [0.2, 0.25) is 0 Å². The fraction of sp³-hybridized carbons (Fsp3) is 0.833. The molecule has 54 heavy (non-hydrogen) atoms. The minimum Gasteiger partial charge on any atom is -0.342 e. The highest BCUT2D eigenvalue weighted by Crippen LogP contribution is 2.27. The predicted molar refractivity (Wildman–Crippen MR) is 213 cm³/mol. The zero-order valence-corrected chi connectivity index (χ0v) is 35.5. The van der Waals surface area contributed by atoms with Gasteiger partial charge in [-0.25, -0.2) is 8.78 Å². The molecule has 5 aliphatic heterocycles. The summed E-state index contributed by atoms with van der Waals surface area (Å²) in [5.74, 6) is -1.13. The molecule has 0 atom stereocenters. The zero-order chi connectivity index (χ0) is 41.0. The molecule has 5 heterocycles. The highest BCUT2D eigenvalue weighted by Gasteiger charge is 2.40. The standard InChI is InChI=1S/2C9H17NO.C8H13F2NO.C8H15NO.C8H13NO/c2*1-8(2)9(11)10-6-4-3-5-7-10;1-6(2)7(12)11-4-3-8(9,10)5-11;2*1-7(2)8(10)9-5-3-4-6-9/h2*8H,3-7H2,1-2H3;6H,3-5H2,1-2H3;7H,3-6H2,1-2H3;3-4,7H,5-6H2,1-2H3. The summed E-state index contributed by atoms with van der Waals surface area (Å²) in [7, 11) is 0. The van der Waals surface area contributed by atoms with E-state index in [1.54, 1.807) is 13.8 Å². The second kappa shape index (κ2) is 25.2. The van der Waals surface area contributed by atoms with E-state index in [2.05, 4.69) is 0 Å². The fourth-order valence-electron chi connectivity index (χ4n) is 6.57. The molecule has 10 nitrogen and oxygen atoms in total. The summed E-state index contributed by atoms with van der Waals surface area (Å²) < 4.78 is 25.2. The molecule has 0 aromatic rings. The van der Waals surface area contributed by atoms with E-state index < -0.39 is 12.5 Å². The molecule has 0 saturated carbocycles. The van der Waals surface area contributed by atoms with Gasteiger partial charge in [-0.3, -0.25) is 24.0 Å². The van der Waals surface area contributed by atoms with Gasteiger partial charge in [-0.15, -0.1) is 0 Å². The molecule has 0 aromatic heterocycles. The molecule has 5 amide bonds. The molecule has 0 aliphatic carbocycles. The minimum absolute atomic E-state index is 0.139. The Morgan fingerprint density at radius 1 is 0.407 bits per heavy atom. The van der Waals surface area contributed by atoms with Gasteiger partial charge in [0.25, 0.3) is 5.92 Å². The van der Waals surface area contributed by atoms with E-state index in [4.69, 9.17) is 0 Å². The summed E-state index contributed by atoms with van der Waals surface area (Å²) in [5.41, 5.74) is 0. The van der Waals surface area contributed by atoms with Crippen LogP contribution in [0.5, 0.6) is 0 Å². The van der Waals surface area contributed by atoms with Crippen molar-refractivity contribution in [2.24, 2.45) is 29.6 Å². The maximum atomic E-state index is 12.6. The van der Waals surface area contributed by atoms with E-state index in [1.165, 1.54) is 56.3 Å². The number of hydrogen-bond donors (Lipinski definition) is 0. The Kier molecular flexibility index (Phi) is 22.8. The normalized spacial score (nSPS) is 19.2. The summed E-state index contributed by atoms with van der Waals surface area (Å²) in [4.78, 5) is 65.6. The lowest BCUT2D eigenvalue weighted by Crippen LogP contribution is -2.38. The van der Waals surface area contributed by atoms with E-state index in [1.807, 2.05) is 87.1 Å². The van der Waals surface area contributed by atoms with Gasteiger partial charge in [-0.05, 0) is 51.4 Å². The molecule has 4 saturated heterocycles. The van der Waals surface area contributed by atoms with E-state index >= 15 is 0 Å². The van der Waals surface area contributed by atoms with E-state index in [-0.39, 0.29) is 54.4 Å². The number of carbonyl (C=O) groups is 5. The number of likely N-dealkylation sites (tertiary alicyclic amines) is 4. The Balaban J connectivity index is 0.000000338. The van der Waals surface area contributed by atoms with Crippen molar-refractivity contribution in [1.82, 2.24) is 24.5 Å². The second-order valence-electron chi connectivity index (χ2n) is 16.7. The Labute approximate surface area is 326 Å². The predicted octanol–water partition coefficient (Wildman–Crippen LogP) is 7.13. The third kappa shape index (κ3) is 18.5. The van der Waals surface area contributed by atoms with Crippen molar-refractivity contribution in [2.75, 3.05) is 65.4 Å². The number of alkyl halides is 2. The van der Waals surface area contributed by atoms with Crippen molar-refractivity contribution in [3.8, 4) is 0 Å². The summed E-state index contributed by atoms with van der Waals surface area (Å²) >= 11 is 0. The topological polar surface area (TPSA) is 102 Å². The van der Waals surface area contributed by atoms with E-state index in [0.29, 0.717) is 17.7 Å². The highest BCUT2D eigenvalue weighted by atomic mass is 19.3. The maximum absolute atomic E-state index is 12.6. The first-order chi connectivity index (χ1) is 25.3. The largest absolute Gasteiger partial charge is 0.342 e. The summed E-state index contributed by atoms with van der Waals surface area (Å²) in [6.07, 6.45) is 13.6. The molecule has 4 fully saturated rings. The van der Waals surface area contributed by atoms with Crippen LogP contribution in [0.15, 0.2) is 12.2 Å². The zero-order valence-electron chi connectivity index (χ0n) is 35.5. The Morgan fingerprint density at radius 2 is 0.667 bits per heavy atom. The van der Waals surface area contributed by atoms with Crippen molar-refractivity contribution in [1.29, 1.82) is 0 Å². The van der Waals surface area contributed by atoms with Gasteiger partial charge in [-0.1, -0.05) is 81.4 Å². The molecule has 312 valence electrons. The van der Waals surface area contributed by atoms with Crippen molar-refractivity contribution < 1.29 is 32.8 Å². The maximum Gasteiger partial charge on any atom is 0.267 e. The lowest BCUT2D eigenvalue weighted by molar-refractivity contribution is -0.136. The van der Waals surface area contributed by atoms with Crippen molar-refractivity contribution in [3.63, 3.8) is 0 Å². The molecule has 0 radical (unpaired) electrons. The number of piperidine rings is 2. The van der Waals surface area contributed by atoms with Crippen LogP contribution < -0.4 is 0 Å². The third-order valence-electron chi connectivity index (χ3n) is 9.83. The molecular formula is C42H75F2N5O5. The molecule has 0 N–H and O–H groups in total. The van der Waals surface area contributed by atoms with E-state index in [9.17, 15) is 32.8 Å². The first-order valence-corrected chi connectivity index (χ1v) is 20.8. The number of amides is 5. The molecule has 0 spiro atoms. The number of carbonyl (C=O) groups excluding carboxylic acids is 5. The smallest absolute Gasteiger partial charge is 0.267 e. The SMILES string of the molecule is CC(C)C(=O)N1CC=CC1.CC(C)C(=O)N1CCC(F)(F)C1.CC(C)C(=O)N1CCCC1.CC(C)C(=O)N1CCCCC1.CC(C)C(=O)N1CCCCC1. The first-order valence-electron chi connectivity index (χ1n) is 20.8. The average molecular weight is 768 g/mol. The van der Waals surface area contributed by atoms with Crippen LogP contribution in [-0.4, -0.2) is 125 Å². The van der Waals surface area contributed by atoms with Gasteiger partial charge in [0.1, 0.15) is 0 Å². The van der Waals surface area contributed by atoms with E-state index in [0.717, 1.165) is 52.4 Å². The highest BCUT2D eigenvalue weighted by molar-refractivity contribution is 5.80. The monoisotopic (exact) mass is 768 g/mol. The van der Waals surface area contributed by atoms with Crippen LogP contribution in [0.25, 0.3) is 0 Å². The quantitative estimate of drug-likeness (QED) is 0.278. The number of nitrogens with zero attached hydrogens (tertiary/aromatic N) is 5. The van der Waals surface area contributed by atoms with Crippen LogP contribution in [-0.2, 0) is 24.0 Å². The lowest BCUT2D eigenvalue weighted by Gasteiger charge is -2.28. The Hall–Kier alpha value is -3.05. The van der Waals surface area contributed by atoms with Crippen molar-refractivity contribution in [3.05, 3.63) is 12.2 Å². The van der Waals surface area contributed by atoms with Crippen LogP contribution in [0.3, 0.4) is 0 Å². The fourth-order valence-corrected chi connectivity index (χ4v) is 6.57. The van der Waals surface area contributed by atoms with Crippen LogP contribution in [0.1, 0.15) is 127 Å². The minimum atomic E-state index is -2.66. The number of halogens is 2. The third-order valence-corrected chi connectivity index (χ3v) is 9.83. The van der Waals surface area contributed by atoms with Gasteiger partial charge < -0.3 is 24.5 Å². The van der Waals surface area contributed by atoms with Crippen molar-refractivity contribution in [2.45, 2.75) is 133 Å². The average Bonchev–Trinajstić information content (AvgIpc) is 3.95. The summed E-state index contributed by atoms with van der Waals surface area (Å²) in [6.45, 7) is 26.4. The second-order valence-corrected chi connectivity index (χ2v) is 16.7. The number of rotatable bonds is 5. The summed E-state index contributed by atoms with van der Waals surface area (Å²) in [6, 6.07) is 0. The first kappa shape index (κ1) is 49.0. The van der Waals surface area contributed by atoms with Gasteiger partial charge in [0, 0.05) is 94.9 Å². The molecule has 5 rings (SSSR count). The van der Waals surface area contributed by atoms with Gasteiger partial charge in [0.2, 0.25) is 29.5 Å². The molecular weight excluding hydrogens is 692 g/mol. The molecule has 0 unspecified atom stereocenters. The molecule has 0 aromatic carbocycles. The van der Waals surface area contributed by atoms with Gasteiger partial charge in [-0.2, -0.15) is 0 Å². The Morgan fingerprint density at radius 3 is 0.926 bits per heavy atom. The van der Waals surface area contributed by atoms with Crippen molar-refractivity contribution >= 4 is 29.5 Å². The van der Waals surface area contributed by atoms with Crippen LogP contribution >= 0.6 is 0 Å². The van der Waals surface area contributed by atoms with Gasteiger partial charge in [0.15, 0.2) is 0 Å². The van der Waals surface area contributed by atoms with Crippen LogP contribution in [0, 0.1) is 29.6 Å².